The molecule has 6 heteroatoms. The summed E-state index contributed by atoms with van der Waals surface area (Å²) in [5.74, 6) is 1.13. The van der Waals surface area contributed by atoms with Gasteiger partial charge in [-0.05, 0) is 31.9 Å². The summed E-state index contributed by atoms with van der Waals surface area (Å²) in [6.45, 7) is 6.42. The van der Waals surface area contributed by atoms with E-state index < -0.39 is 0 Å². The quantitative estimate of drug-likeness (QED) is 0.860. The monoisotopic (exact) mass is 326 g/mol. The molecule has 0 spiro atoms. The molecule has 0 aromatic carbocycles. The lowest BCUT2D eigenvalue weighted by Crippen LogP contribution is -2.36. The van der Waals surface area contributed by atoms with Crippen LogP contribution in [0, 0.1) is 13.8 Å². The van der Waals surface area contributed by atoms with Gasteiger partial charge in [-0.3, -0.25) is 14.7 Å². The highest BCUT2D eigenvalue weighted by Gasteiger charge is 2.46. The summed E-state index contributed by atoms with van der Waals surface area (Å²) in [7, 11) is 0. The minimum atomic E-state index is 0.248. The number of carbonyl (C=O) groups excluding carboxylic acids is 1. The number of hydrogen-bond donors (Lipinski definition) is 0. The van der Waals surface area contributed by atoms with Crippen molar-refractivity contribution in [3.8, 4) is 0 Å². The van der Waals surface area contributed by atoms with E-state index in [4.69, 9.17) is 4.52 Å². The highest BCUT2D eigenvalue weighted by atomic mass is 16.5. The summed E-state index contributed by atoms with van der Waals surface area (Å²) in [5.41, 5.74) is 3.21. The molecular formula is C18H22N4O2. The summed E-state index contributed by atoms with van der Waals surface area (Å²) in [6, 6.07) is 4.55. The smallest absolute Gasteiger partial charge is 0.224 e. The number of likely N-dealkylation sites (tertiary alicyclic amines) is 2. The van der Waals surface area contributed by atoms with E-state index in [1.54, 1.807) is 6.20 Å². The van der Waals surface area contributed by atoms with Crippen molar-refractivity contribution in [1.82, 2.24) is 19.9 Å². The lowest BCUT2D eigenvalue weighted by atomic mass is 10.1. The van der Waals surface area contributed by atoms with E-state index >= 15 is 0 Å². The number of fused-ring (bicyclic) bond motifs is 1. The second-order valence-electron chi connectivity index (χ2n) is 6.78. The normalized spacial score (nSPS) is 23.9. The topological polar surface area (TPSA) is 62.5 Å². The van der Waals surface area contributed by atoms with E-state index in [9.17, 15) is 4.79 Å². The molecule has 4 heterocycles. The Kier molecular flexibility index (Phi) is 3.84. The van der Waals surface area contributed by atoms with Crippen LogP contribution < -0.4 is 0 Å². The molecule has 2 fully saturated rings. The number of hydrogen-bond acceptors (Lipinski definition) is 5. The Morgan fingerprint density at radius 1 is 1.29 bits per heavy atom. The van der Waals surface area contributed by atoms with Gasteiger partial charge in [0.2, 0.25) is 5.91 Å². The Balaban J connectivity index is 1.49. The number of amides is 1. The van der Waals surface area contributed by atoms with E-state index in [1.165, 1.54) is 0 Å². The van der Waals surface area contributed by atoms with Crippen LogP contribution in [0.1, 0.15) is 35.4 Å². The molecule has 0 N–H and O–H groups in total. The van der Waals surface area contributed by atoms with E-state index in [1.807, 2.05) is 37.1 Å². The van der Waals surface area contributed by atoms with Crippen molar-refractivity contribution >= 4 is 5.91 Å². The summed E-state index contributed by atoms with van der Waals surface area (Å²) < 4.78 is 5.28. The van der Waals surface area contributed by atoms with Crippen molar-refractivity contribution < 1.29 is 9.32 Å². The number of rotatable bonds is 4. The van der Waals surface area contributed by atoms with Crippen LogP contribution in [0.3, 0.4) is 0 Å². The van der Waals surface area contributed by atoms with Gasteiger partial charge in [0.25, 0.3) is 0 Å². The van der Waals surface area contributed by atoms with Gasteiger partial charge < -0.3 is 9.42 Å². The van der Waals surface area contributed by atoms with Gasteiger partial charge in [0.15, 0.2) is 0 Å². The lowest BCUT2D eigenvalue weighted by molar-refractivity contribution is -0.129. The third-order valence-electron chi connectivity index (χ3n) is 5.35. The zero-order valence-corrected chi connectivity index (χ0v) is 14.1. The Morgan fingerprint density at radius 3 is 2.88 bits per heavy atom. The zero-order chi connectivity index (χ0) is 16.7. The van der Waals surface area contributed by atoms with Crippen LogP contribution in [0.15, 0.2) is 29.0 Å². The van der Waals surface area contributed by atoms with E-state index in [0.29, 0.717) is 25.0 Å². The maximum absolute atomic E-state index is 12.5. The molecule has 0 unspecified atom stereocenters. The number of carbonyl (C=O) groups is 1. The summed E-state index contributed by atoms with van der Waals surface area (Å²) in [6.07, 6.45) is 5.24. The summed E-state index contributed by atoms with van der Waals surface area (Å²) >= 11 is 0. The molecule has 6 nitrogen and oxygen atoms in total. The Morgan fingerprint density at radius 2 is 2.17 bits per heavy atom. The van der Waals surface area contributed by atoms with Crippen LogP contribution in [0.25, 0.3) is 0 Å². The number of nitrogens with zero attached hydrogens (tertiary/aromatic N) is 4. The molecule has 2 aliphatic heterocycles. The first-order valence-corrected chi connectivity index (χ1v) is 8.47. The van der Waals surface area contributed by atoms with Crippen molar-refractivity contribution in [3.63, 3.8) is 0 Å². The van der Waals surface area contributed by atoms with Crippen molar-refractivity contribution in [2.75, 3.05) is 6.54 Å². The molecule has 0 radical (unpaired) electrons. The predicted molar refractivity (Wildman–Crippen MR) is 88.0 cm³/mol. The van der Waals surface area contributed by atoms with Crippen molar-refractivity contribution in [2.24, 2.45) is 0 Å². The molecule has 2 aliphatic rings. The first kappa shape index (κ1) is 15.3. The van der Waals surface area contributed by atoms with Crippen molar-refractivity contribution in [1.29, 1.82) is 0 Å². The average Bonchev–Trinajstić information content (AvgIpc) is 3.21. The first-order valence-electron chi connectivity index (χ1n) is 8.47. The highest BCUT2D eigenvalue weighted by molar-refractivity contribution is 5.80. The lowest BCUT2D eigenvalue weighted by Gasteiger charge is -2.25. The van der Waals surface area contributed by atoms with Gasteiger partial charge in [-0.2, -0.15) is 0 Å². The molecular weight excluding hydrogens is 304 g/mol. The Hall–Kier alpha value is -2.21. The second kappa shape index (κ2) is 6.02. The molecule has 0 aliphatic carbocycles. The molecule has 24 heavy (non-hydrogen) atoms. The number of aryl methyl sites for hydroxylation is 2. The minimum Gasteiger partial charge on any atom is -0.361 e. The molecule has 0 bridgehead atoms. The molecule has 0 saturated carbocycles. The average molecular weight is 326 g/mol. The van der Waals surface area contributed by atoms with Gasteiger partial charge >= 0.3 is 0 Å². The van der Waals surface area contributed by atoms with Gasteiger partial charge in [-0.15, -0.1) is 0 Å². The highest BCUT2D eigenvalue weighted by Crippen LogP contribution is 2.35. The summed E-state index contributed by atoms with van der Waals surface area (Å²) in [4.78, 5) is 21.1. The Bertz CT molecular complexity index is 723. The minimum absolute atomic E-state index is 0.248. The SMILES string of the molecule is Cc1noc(C)c1CN1CC[C@@H]2[C@@H]1CC(=O)N2Cc1cccnc1. The molecule has 126 valence electrons. The molecule has 4 rings (SSSR count). The number of pyridine rings is 1. The van der Waals surface area contributed by atoms with Gasteiger partial charge in [0.05, 0.1) is 5.69 Å². The van der Waals surface area contributed by atoms with E-state index in [2.05, 4.69) is 15.0 Å². The third-order valence-corrected chi connectivity index (χ3v) is 5.35. The molecule has 2 saturated heterocycles. The van der Waals surface area contributed by atoms with Crippen LogP contribution in [-0.2, 0) is 17.9 Å². The van der Waals surface area contributed by atoms with Gasteiger partial charge in [-0.25, -0.2) is 0 Å². The first-order chi connectivity index (χ1) is 11.6. The third kappa shape index (κ3) is 2.60. The zero-order valence-electron chi connectivity index (χ0n) is 14.1. The fourth-order valence-corrected chi connectivity index (χ4v) is 4.03. The van der Waals surface area contributed by atoms with E-state index in [-0.39, 0.29) is 5.91 Å². The van der Waals surface area contributed by atoms with Crippen molar-refractivity contribution in [3.05, 3.63) is 47.1 Å². The van der Waals surface area contributed by atoms with Crippen LogP contribution in [0.5, 0.6) is 0 Å². The molecule has 2 atom stereocenters. The molecule has 2 aromatic rings. The van der Waals surface area contributed by atoms with Crippen LogP contribution in [0.4, 0.5) is 0 Å². The van der Waals surface area contributed by atoms with Gasteiger partial charge in [0.1, 0.15) is 5.76 Å². The second-order valence-corrected chi connectivity index (χ2v) is 6.78. The largest absolute Gasteiger partial charge is 0.361 e. The summed E-state index contributed by atoms with van der Waals surface area (Å²) in [5, 5.41) is 4.04. The molecule has 1 amide bonds. The molecule has 2 aromatic heterocycles. The predicted octanol–water partition coefficient (Wildman–Crippen LogP) is 2.06. The van der Waals surface area contributed by atoms with E-state index in [0.717, 1.165) is 42.1 Å². The number of aromatic nitrogens is 2. The fourth-order valence-electron chi connectivity index (χ4n) is 4.03. The van der Waals surface area contributed by atoms with Gasteiger partial charge in [0, 0.05) is 56.1 Å². The standard InChI is InChI=1S/C18H22N4O2/c1-12-15(13(2)24-20-12)11-21-7-5-16-17(21)8-18(23)22(16)10-14-4-3-6-19-9-14/h3-4,6,9,16-17H,5,7-8,10-11H2,1-2H3/t16-,17+/m1/s1. The van der Waals surface area contributed by atoms with Gasteiger partial charge in [-0.1, -0.05) is 11.2 Å². The maximum atomic E-state index is 12.5. The Labute approximate surface area is 141 Å². The van der Waals surface area contributed by atoms with Crippen LogP contribution in [-0.4, -0.2) is 44.5 Å². The fraction of sp³-hybridized carbons (Fsp3) is 0.500. The van der Waals surface area contributed by atoms with Crippen LogP contribution >= 0.6 is 0 Å². The van der Waals surface area contributed by atoms with Crippen LogP contribution in [0.2, 0.25) is 0 Å². The maximum Gasteiger partial charge on any atom is 0.224 e. The van der Waals surface area contributed by atoms with Crippen molar-refractivity contribution in [2.45, 2.75) is 51.9 Å².